The van der Waals surface area contributed by atoms with Crippen molar-refractivity contribution in [1.29, 1.82) is 0 Å². The van der Waals surface area contributed by atoms with Crippen LogP contribution in [-0.2, 0) is 6.42 Å². The van der Waals surface area contributed by atoms with E-state index in [0.29, 0.717) is 28.9 Å². The molecule has 0 spiro atoms. The molecule has 0 saturated carbocycles. The molecule has 0 unspecified atom stereocenters. The zero-order valence-corrected chi connectivity index (χ0v) is 10.9. The number of halogens is 2. The zero-order chi connectivity index (χ0) is 12.0. The monoisotopic (exact) mass is 261 g/mol. The van der Waals surface area contributed by atoms with Crippen LogP contribution in [0, 0.1) is 0 Å². The van der Waals surface area contributed by atoms with Gasteiger partial charge in [-0.25, -0.2) is 0 Å². The van der Waals surface area contributed by atoms with Gasteiger partial charge in [0.1, 0.15) is 5.75 Å². The molecule has 2 nitrogen and oxygen atoms in total. The summed E-state index contributed by atoms with van der Waals surface area (Å²) in [5.74, 6) is 0.650. The van der Waals surface area contributed by atoms with Crippen molar-refractivity contribution in [2.45, 2.75) is 26.2 Å². The van der Waals surface area contributed by atoms with E-state index in [0.717, 1.165) is 24.8 Å². The van der Waals surface area contributed by atoms with Gasteiger partial charge in [-0.15, -0.1) is 0 Å². The normalized spacial score (nSPS) is 10.5. The number of aryl methyl sites for hydroxylation is 1. The van der Waals surface area contributed by atoms with Gasteiger partial charge in [-0.05, 0) is 44.4 Å². The van der Waals surface area contributed by atoms with Crippen molar-refractivity contribution in [3.8, 4) is 5.75 Å². The summed E-state index contributed by atoms with van der Waals surface area (Å²) in [6.07, 6.45) is 2.93. The van der Waals surface area contributed by atoms with Crippen molar-refractivity contribution in [1.82, 2.24) is 0 Å². The molecule has 0 saturated heterocycles. The maximum absolute atomic E-state index is 6.15. The molecule has 0 aliphatic carbocycles. The number of ether oxygens (including phenoxy) is 1. The van der Waals surface area contributed by atoms with E-state index in [1.165, 1.54) is 0 Å². The Labute approximate surface area is 107 Å². The Hall–Kier alpha value is -0.440. The molecule has 0 aliphatic heterocycles. The zero-order valence-electron chi connectivity index (χ0n) is 9.43. The van der Waals surface area contributed by atoms with E-state index in [-0.39, 0.29) is 0 Å². The van der Waals surface area contributed by atoms with Gasteiger partial charge in [-0.1, -0.05) is 23.2 Å². The van der Waals surface area contributed by atoms with E-state index in [1.807, 2.05) is 13.0 Å². The molecule has 1 aromatic carbocycles. The third-order valence-corrected chi connectivity index (χ3v) is 2.95. The second-order valence-corrected chi connectivity index (χ2v) is 4.37. The van der Waals surface area contributed by atoms with E-state index in [1.54, 1.807) is 6.07 Å². The Morgan fingerprint density at radius 1 is 1.19 bits per heavy atom. The molecule has 0 fully saturated rings. The van der Waals surface area contributed by atoms with Crippen LogP contribution in [0.2, 0.25) is 10.0 Å². The first-order valence-electron chi connectivity index (χ1n) is 5.49. The van der Waals surface area contributed by atoms with E-state index < -0.39 is 0 Å². The van der Waals surface area contributed by atoms with Crippen LogP contribution in [0.5, 0.6) is 5.75 Å². The topological polar surface area (TPSA) is 35.2 Å². The van der Waals surface area contributed by atoms with Crippen molar-refractivity contribution < 1.29 is 4.74 Å². The molecule has 90 valence electrons. The standard InChI is InChI=1S/C12H17Cl2NO/c1-2-16-12-8-10(13)9(7-11(12)14)5-3-4-6-15/h7-8H,2-6,15H2,1H3. The Kier molecular flexibility index (Phi) is 5.96. The minimum Gasteiger partial charge on any atom is -0.492 e. The summed E-state index contributed by atoms with van der Waals surface area (Å²) >= 11 is 12.2. The number of hydrogen-bond donors (Lipinski definition) is 1. The number of nitrogens with two attached hydrogens (primary N) is 1. The van der Waals surface area contributed by atoms with Crippen LogP contribution in [0.25, 0.3) is 0 Å². The van der Waals surface area contributed by atoms with Crippen LogP contribution in [0.3, 0.4) is 0 Å². The average molecular weight is 262 g/mol. The quantitative estimate of drug-likeness (QED) is 0.794. The minimum atomic E-state index is 0.586. The molecule has 1 rings (SSSR count). The first kappa shape index (κ1) is 13.6. The van der Waals surface area contributed by atoms with E-state index in [2.05, 4.69) is 0 Å². The molecule has 0 aliphatic rings. The smallest absolute Gasteiger partial charge is 0.139 e. The fourth-order valence-electron chi connectivity index (χ4n) is 1.49. The first-order valence-corrected chi connectivity index (χ1v) is 6.25. The summed E-state index contributed by atoms with van der Waals surface area (Å²) in [5.41, 5.74) is 6.50. The first-order chi connectivity index (χ1) is 7.69. The van der Waals surface area contributed by atoms with Crippen molar-refractivity contribution in [2.75, 3.05) is 13.2 Å². The van der Waals surface area contributed by atoms with Gasteiger partial charge >= 0.3 is 0 Å². The van der Waals surface area contributed by atoms with Gasteiger partial charge in [-0.3, -0.25) is 0 Å². The lowest BCUT2D eigenvalue weighted by Gasteiger charge is -2.10. The van der Waals surface area contributed by atoms with E-state index in [9.17, 15) is 0 Å². The Morgan fingerprint density at radius 2 is 1.94 bits per heavy atom. The molecule has 16 heavy (non-hydrogen) atoms. The van der Waals surface area contributed by atoms with Crippen molar-refractivity contribution in [2.24, 2.45) is 5.73 Å². The summed E-state index contributed by atoms with van der Waals surface area (Å²) in [4.78, 5) is 0. The van der Waals surface area contributed by atoms with Gasteiger partial charge in [-0.2, -0.15) is 0 Å². The number of unbranched alkanes of at least 4 members (excludes halogenated alkanes) is 1. The summed E-state index contributed by atoms with van der Waals surface area (Å²) in [7, 11) is 0. The lowest BCUT2D eigenvalue weighted by Crippen LogP contribution is -1.99. The fraction of sp³-hybridized carbons (Fsp3) is 0.500. The van der Waals surface area contributed by atoms with Crippen molar-refractivity contribution >= 4 is 23.2 Å². The van der Waals surface area contributed by atoms with Crippen LogP contribution >= 0.6 is 23.2 Å². The van der Waals surface area contributed by atoms with E-state index in [4.69, 9.17) is 33.7 Å². The van der Waals surface area contributed by atoms with Crippen LogP contribution in [-0.4, -0.2) is 13.2 Å². The molecule has 0 atom stereocenters. The predicted molar refractivity (Wildman–Crippen MR) is 69.6 cm³/mol. The van der Waals surface area contributed by atoms with Crippen molar-refractivity contribution in [3.05, 3.63) is 27.7 Å². The van der Waals surface area contributed by atoms with Crippen LogP contribution in [0.15, 0.2) is 12.1 Å². The molecule has 0 heterocycles. The van der Waals surface area contributed by atoms with Crippen LogP contribution in [0.1, 0.15) is 25.3 Å². The number of rotatable bonds is 6. The lowest BCUT2D eigenvalue weighted by atomic mass is 10.1. The van der Waals surface area contributed by atoms with Gasteiger partial charge in [0.2, 0.25) is 0 Å². The second-order valence-electron chi connectivity index (χ2n) is 3.55. The van der Waals surface area contributed by atoms with Gasteiger partial charge in [0.05, 0.1) is 11.6 Å². The maximum atomic E-state index is 6.15. The number of hydrogen-bond acceptors (Lipinski definition) is 2. The molecule has 0 bridgehead atoms. The van der Waals surface area contributed by atoms with Crippen LogP contribution < -0.4 is 10.5 Å². The lowest BCUT2D eigenvalue weighted by molar-refractivity contribution is 0.340. The second kappa shape index (κ2) is 7.00. The molecule has 0 aromatic heterocycles. The van der Waals surface area contributed by atoms with Gasteiger partial charge < -0.3 is 10.5 Å². The molecule has 4 heteroatoms. The highest BCUT2D eigenvalue weighted by atomic mass is 35.5. The fourth-order valence-corrected chi connectivity index (χ4v) is 1.98. The van der Waals surface area contributed by atoms with Gasteiger partial charge in [0, 0.05) is 11.1 Å². The highest BCUT2D eigenvalue weighted by Gasteiger charge is 2.07. The minimum absolute atomic E-state index is 0.586. The van der Waals surface area contributed by atoms with Gasteiger partial charge in [0.15, 0.2) is 0 Å². The molecule has 2 N–H and O–H groups in total. The molecule has 0 amide bonds. The van der Waals surface area contributed by atoms with E-state index >= 15 is 0 Å². The van der Waals surface area contributed by atoms with Gasteiger partial charge in [0.25, 0.3) is 0 Å². The molecular formula is C12H17Cl2NO. The summed E-state index contributed by atoms with van der Waals surface area (Å²) in [6.45, 7) is 3.21. The van der Waals surface area contributed by atoms with Crippen LogP contribution in [0.4, 0.5) is 0 Å². The maximum Gasteiger partial charge on any atom is 0.139 e. The Balaban J connectivity index is 2.75. The highest BCUT2D eigenvalue weighted by Crippen LogP contribution is 2.31. The predicted octanol–water partition coefficient (Wildman–Crippen LogP) is 3.67. The Morgan fingerprint density at radius 3 is 2.56 bits per heavy atom. The third-order valence-electron chi connectivity index (χ3n) is 2.30. The third kappa shape index (κ3) is 3.85. The average Bonchev–Trinajstić information content (AvgIpc) is 2.25. The molecule has 0 radical (unpaired) electrons. The number of benzene rings is 1. The SMILES string of the molecule is CCOc1cc(Cl)c(CCCCN)cc1Cl. The molecule has 1 aromatic rings. The Bertz CT molecular complexity index is 342. The summed E-state index contributed by atoms with van der Waals surface area (Å²) in [5, 5.41) is 1.33. The molecular weight excluding hydrogens is 245 g/mol. The highest BCUT2D eigenvalue weighted by molar-refractivity contribution is 6.34. The van der Waals surface area contributed by atoms with Crippen molar-refractivity contribution in [3.63, 3.8) is 0 Å². The summed E-state index contributed by atoms with van der Waals surface area (Å²) < 4.78 is 5.36. The largest absolute Gasteiger partial charge is 0.492 e. The summed E-state index contributed by atoms with van der Waals surface area (Å²) in [6, 6.07) is 3.66.